The summed E-state index contributed by atoms with van der Waals surface area (Å²) in [7, 11) is 1.22. The maximum atomic E-state index is 12.0. The Morgan fingerprint density at radius 2 is 1.79 bits per heavy atom. The van der Waals surface area contributed by atoms with Gasteiger partial charge >= 0.3 is 5.97 Å². The Bertz CT molecular complexity index is 589. The Morgan fingerprint density at radius 3 is 2.29 bits per heavy atom. The first kappa shape index (κ1) is 19.9. The lowest BCUT2D eigenvalue weighted by atomic mass is 10.1. The van der Waals surface area contributed by atoms with Crippen LogP contribution in [0.15, 0.2) is 24.3 Å². The number of nitrogens with two attached hydrogens (primary N) is 1. The first-order valence-corrected chi connectivity index (χ1v) is 7.80. The summed E-state index contributed by atoms with van der Waals surface area (Å²) in [5.41, 5.74) is 6.21. The Hall–Kier alpha value is -2.12. The second-order valence-electron chi connectivity index (χ2n) is 5.56. The summed E-state index contributed by atoms with van der Waals surface area (Å²) in [5.74, 6) is -1.65. The largest absolute Gasteiger partial charge is 0.467 e. The number of rotatable bonds is 7. The van der Waals surface area contributed by atoms with Gasteiger partial charge in [0.2, 0.25) is 11.8 Å². The van der Waals surface area contributed by atoms with Crippen LogP contribution in [0.1, 0.15) is 25.5 Å². The van der Waals surface area contributed by atoms with Crippen LogP contribution in [0.25, 0.3) is 0 Å². The first-order chi connectivity index (χ1) is 11.3. The third-order valence-corrected chi connectivity index (χ3v) is 3.64. The van der Waals surface area contributed by atoms with Gasteiger partial charge in [-0.2, -0.15) is 0 Å². The van der Waals surface area contributed by atoms with Crippen LogP contribution in [0.2, 0.25) is 5.02 Å². The van der Waals surface area contributed by atoms with E-state index in [1.807, 2.05) is 0 Å². The van der Waals surface area contributed by atoms with Crippen LogP contribution in [0.3, 0.4) is 0 Å². The Kier molecular flexibility index (Phi) is 7.67. The third-order valence-electron chi connectivity index (χ3n) is 3.39. The van der Waals surface area contributed by atoms with Gasteiger partial charge in [-0.15, -0.1) is 0 Å². The zero-order valence-electron chi connectivity index (χ0n) is 13.8. The van der Waals surface area contributed by atoms with Crippen molar-refractivity contribution in [2.45, 2.75) is 25.9 Å². The van der Waals surface area contributed by atoms with Crippen molar-refractivity contribution in [1.29, 1.82) is 0 Å². The summed E-state index contributed by atoms with van der Waals surface area (Å²) >= 11 is 5.81. The molecule has 0 aliphatic heterocycles. The maximum absolute atomic E-state index is 12.0. The summed E-state index contributed by atoms with van der Waals surface area (Å²) in [6.45, 7) is 3.32. The van der Waals surface area contributed by atoms with Gasteiger partial charge in [0.25, 0.3) is 0 Å². The van der Waals surface area contributed by atoms with Gasteiger partial charge in [0.05, 0.1) is 19.7 Å². The lowest BCUT2D eigenvalue weighted by molar-refractivity contribution is -0.145. The highest BCUT2D eigenvalue weighted by Crippen LogP contribution is 2.17. The van der Waals surface area contributed by atoms with Gasteiger partial charge in [-0.25, -0.2) is 4.79 Å². The third kappa shape index (κ3) is 5.82. The van der Waals surface area contributed by atoms with E-state index in [2.05, 4.69) is 10.6 Å². The molecule has 0 aliphatic rings. The molecule has 4 N–H and O–H groups in total. The van der Waals surface area contributed by atoms with Gasteiger partial charge in [0.15, 0.2) is 6.04 Å². The highest BCUT2D eigenvalue weighted by atomic mass is 35.5. The van der Waals surface area contributed by atoms with Crippen LogP contribution < -0.4 is 16.4 Å². The van der Waals surface area contributed by atoms with Gasteiger partial charge in [-0.05, 0) is 23.6 Å². The van der Waals surface area contributed by atoms with Crippen LogP contribution >= 0.6 is 11.6 Å². The maximum Gasteiger partial charge on any atom is 0.333 e. The Morgan fingerprint density at radius 1 is 1.21 bits per heavy atom. The second kappa shape index (κ2) is 9.24. The molecule has 0 saturated carbocycles. The van der Waals surface area contributed by atoms with Crippen molar-refractivity contribution in [3.05, 3.63) is 34.9 Å². The fourth-order valence-electron chi connectivity index (χ4n) is 1.85. The molecule has 0 aromatic heterocycles. The van der Waals surface area contributed by atoms with Crippen LogP contribution in [0.5, 0.6) is 0 Å². The molecule has 2 atom stereocenters. The van der Waals surface area contributed by atoms with Gasteiger partial charge in [0.1, 0.15) is 0 Å². The lowest BCUT2D eigenvalue weighted by Crippen LogP contribution is -2.48. The minimum atomic E-state index is -0.990. The fraction of sp³-hybridized carbons (Fsp3) is 0.438. The van der Waals surface area contributed by atoms with E-state index < -0.39 is 29.9 Å². The number of halogens is 1. The molecule has 0 spiro atoms. The molecule has 1 aromatic carbocycles. The molecule has 0 radical (unpaired) electrons. The number of nitrogens with one attached hydrogen (secondary N) is 2. The predicted octanol–water partition coefficient (Wildman–Crippen LogP) is 0.770. The molecule has 132 valence electrons. The molecule has 7 nitrogen and oxygen atoms in total. The highest BCUT2D eigenvalue weighted by Gasteiger charge is 2.24. The number of hydrogen-bond donors (Lipinski definition) is 3. The van der Waals surface area contributed by atoms with Crippen LogP contribution in [-0.4, -0.2) is 37.5 Å². The molecule has 8 heteroatoms. The van der Waals surface area contributed by atoms with Crippen molar-refractivity contribution >= 4 is 29.4 Å². The molecule has 0 aliphatic carbocycles. The first-order valence-electron chi connectivity index (χ1n) is 7.42. The van der Waals surface area contributed by atoms with Crippen LogP contribution in [0, 0.1) is 5.92 Å². The predicted molar refractivity (Wildman–Crippen MR) is 90.2 cm³/mol. The number of benzene rings is 1. The summed E-state index contributed by atoms with van der Waals surface area (Å²) < 4.78 is 4.70. The molecular weight excluding hydrogens is 334 g/mol. The summed E-state index contributed by atoms with van der Waals surface area (Å²) in [6, 6.07) is 4.72. The number of hydrogen-bond acceptors (Lipinski definition) is 5. The number of carbonyl (C=O) groups is 3. The van der Waals surface area contributed by atoms with E-state index in [0.29, 0.717) is 10.6 Å². The number of ether oxygens (including phenoxy) is 1. The molecule has 1 unspecified atom stereocenters. The molecule has 2 amide bonds. The number of amides is 2. The normalized spacial score (nSPS) is 13.1. The van der Waals surface area contributed by atoms with Gasteiger partial charge in [-0.3, -0.25) is 9.59 Å². The SMILES string of the molecule is COC(=O)C(NC(=O)CNC(=O)[C@@H](N)C(C)C)c1ccc(Cl)cc1. The lowest BCUT2D eigenvalue weighted by Gasteiger charge is -2.18. The Balaban J connectivity index is 2.70. The van der Waals surface area contributed by atoms with Crippen molar-refractivity contribution in [1.82, 2.24) is 10.6 Å². The quantitative estimate of drug-likeness (QED) is 0.626. The average Bonchev–Trinajstić information content (AvgIpc) is 2.56. The smallest absolute Gasteiger partial charge is 0.333 e. The second-order valence-corrected chi connectivity index (χ2v) is 6.00. The molecule has 0 fully saturated rings. The minimum Gasteiger partial charge on any atom is -0.467 e. The number of esters is 1. The molecule has 1 rings (SSSR count). The zero-order chi connectivity index (χ0) is 18.3. The molecule has 0 bridgehead atoms. The molecule has 1 aromatic rings. The minimum absolute atomic E-state index is 0.0510. The molecule has 0 saturated heterocycles. The van der Waals surface area contributed by atoms with Crippen LogP contribution in [-0.2, 0) is 19.1 Å². The van der Waals surface area contributed by atoms with Crippen molar-refractivity contribution in [2.24, 2.45) is 11.7 Å². The number of carbonyl (C=O) groups excluding carboxylic acids is 3. The number of methoxy groups -OCH3 is 1. The van der Waals surface area contributed by atoms with Crippen molar-refractivity contribution < 1.29 is 19.1 Å². The molecule has 0 heterocycles. The van der Waals surface area contributed by atoms with Crippen molar-refractivity contribution in [3.8, 4) is 0 Å². The highest BCUT2D eigenvalue weighted by molar-refractivity contribution is 6.30. The van der Waals surface area contributed by atoms with E-state index >= 15 is 0 Å². The van der Waals surface area contributed by atoms with Crippen LogP contribution in [0.4, 0.5) is 0 Å². The topological polar surface area (TPSA) is 111 Å². The summed E-state index contributed by atoms with van der Waals surface area (Å²) in [6.07, 6.45) is 0. The van der Waals surface area contributed by atoms with E-state index in [4.69, 9.17) is 22.1 Å². The summed E-state index contributed by atoms with van der Waals surface area (Å²) in [5, 5.41) is 5.46. The fourth-order valence-corrected chi connectivity index (χ4v) is 1.98. The van der Waals surface area contributed by atoms with Crippen molar-refractivity contribution in [2.75, 3.05) is 13.7 Å². The van der Waals surface area contributed by atoms with Gasteiger partial charge < -0.3 is 21.1 Å². The van der Waals surface area contributed by atoms with E-state index in [1.165, 1.54) is 7.11 Å². The zero-order valence-corrected chi connectivity index (χ0v) is 14.6. The van der Waals surface area contributed by atoms with E-state index in [-0.39, 0.29) is 12.5 Å². The van der Waals surface area contributed by atoms with E-state index in [9.17, 15) is 14.4 Å². The van der Waals surface area contributed by atoms with Gasteiger partial charge in [0, 0.05) is 5.02 Å². The van der Waals surface area contributed by atoms with Gasteiger partial charge in [-0.1, -0.05) is 37.6 Å². The Labute approximate surface area is 145 Å². The molecule has 24 heavy (non-hydrogen) atoms. The average molecular weight is 356 g/mol. The van der Waals surface area contributed by atoms with E-state index in [1.54, 1.807) is 38.1 Å². The summed E-state index contributed by atoms with van der Waals surface area (Å²) in [4.78, 5) is 35.7. The van der Waals surface area contributed by atoms with E-state index in [0.717, 1.165) is 0 Å². The van der Waals surface area contributed by atoms with Crippen molar-refractivity contribution in [3.63, 3.8) is 0 Å². The monoisotopic (exact) mass is 355 g/mol. The molecular formula is C16H22ClN3O4. The standard InChI is InChI=1S/C16H22ClN3O4/c1-9(2)13(18)15(22)19-8-12(21)20-14(16(23)24-3)10-4-6-11(17)7-5-10/h4-7,9,13-14H,8,18H2,1-3H3,(H,19,22)(H,20,21)/t13-,14?/m0/s1.